The van der Waals surface area contributed by atoms with Crippen LogP contribution in [0.1, 0.15) is 30.0 Å². The lowest BCUT2D eigenvalue weighted by atomic mass is 10.0. The summed E-state index contributed by atoms with van der Waals surface area (Å²) in [6, 6.07) is 1.84. The van der Waals surface area contributed by atoms with Crippen LogP contribution in [0.5, 0.6) is 0 Å². The maximum absolute atomic E-state index is 11.9. The molecule has 16 heavy (non-hydrogen) atoms. The van der Waals surface area contributed by atoms with E-state index in [1.54, 1.807) is 17.8 Å². The third-order valence-corrected chi connectivity index (χ3v) is 2.82. The van der Waals surface area contributed by atoms with Gasteiger partial charge in [-0.1, -0.05) is 6.92 Å². The van der Waals surface area contributed by atoms with E-state index >= 15 is 0 Å². The van der Waals surface area contributed by atoms with Crippen LogP contribution < -0.4 is 11.1 Å². The molecular formula is C11H20N4O. The zero-order valence-electron chi connectivity index (χ0n) is 10.3. The van der Waals surface area contributed by atoms with E-state index in [0.29, 0.717) is 12.2 Å². The van der Waals surface area contributed by atoms with Crippen LogP contribution in [-0.2, 0) is 7.05 Å². The maximum atomic E-state index is 11.9. The maximum Gasteiger partial charge on any atom is 0.269 e. The summed E-state index contributed by atoms with van der Waals surface area (Å²) in [5.41, 5.74) is 6.97. The van der Waals surface area contributed by atoms with Gasteiger partial charge in [0, 0.05) is 13.1 Å². The number of aryl methyl sites for hydroxylation is 2. The zero-order valence-corrected chi connectivity index (χ0v) is 10.3. The van der Waals surface area contributed by atoms with Crippen LogP contribution in [0.4, 0.5) is 0 Å². The number of carbonyl (C=O) groups is 1. The van der Waals surface area contributed by atoms with Crippen molar-refractivity contribution in [2.45, 2.75) is 26.8 Å². The highest BCUT2D eigenvalue weighted by atomic mass is 16.2. The van der Waals surface area contributed by atoms with Gasteiger partial charge in [0.15, 0.2) is 0 Å². The molecule has 0 aliphatic rings. The Morgan fingerprint density at radius 2 is 2.25 bits per heavy atom. The molecule has 2 atom stereocenters. The molecule has 3 N–H and O–H groups in total. The van der Waals surface area contributed by atoms with Gasteiger partial charge in [-0.2, -0.15) is 5.10 Å². The molecule has 0 aliphatic carbocycles. The third kappa shape index (κ3) is 2.82. The lowest BCUT2D eigenvalue weighted by molar-refractivity contribution is 0.0920. The minimum atomic E-state index is -0.101. The van der Waals surface area contributed by atoms with Gasteiger partial charge in [-0.3, -0.25) is 9.48 Å². The molecule has 0 spiro atoms. The number of nitrogens with one attached hydrogen (secondary N) is 1. The van der Waals surface area contributed by atoms with Crippen LogP contribution in [-0.4, -0.2) is 28.3 Å². The first kappa shape index (κ1) is 12.7. The van der Waals surface area contributed by atoms with Crippen molar-refractivity contribution < 1.29 is 4.79 Å². The van der Waals surface area contributed by atoms with E-state index in [0.717, 1.165) is 5.69 Å². The van der Waals surface area contributed by atoms with Crippen molar-refractivity contribution in [3.8, 4) is 0 Å². The van der Waals surface area contributed by atoms with E-state index in [9.17, 15) is 4.79 Å². The fraction of sp³-hybridized carbons (Fsp3) is 0.636. The molecule has 90 valence electrons. The highest BCUT2D eigenvalue weighted by Crippen LogP contribution is 2.05. The largest absolute Gasteiger partial charge is 0.348 e. The van der Waals surface area contributed by atoms with Gasteiger partial charge in [-0.25, -0.2) is 0 Å². The first-order valence-electron chi connectivity index (χ1n) is 5.47. The van der Waals surface area contributed by atoms with Crippen LogP contribution >= 0.6 is 0 Å². The number of aromatic nitrogens is 2. The predicted molar refractivity (Wildman–Crippen MR) is 63.1 cm³/mol. The summed E-state index contributed by atoms with van der Waals surface area (Å²) in [7, 11) is 1.76. The summed E-state index contributed by atoms with van der Waals surface area (Å²) in [5.74, 6) is 0.161. The van der Waals surface area contributed by atoms with Crippen LogP contribution in [0, 0.1) is 12.8 Å². The summed E-state index contributed by atoms with van der Waals surface area (Å²) in [6.07, 6.45) is 0. The van der Waals surface area contributed by atoms with Crippen molar-refractivity contribution in [2.75, 3.05) is 6.54 Å². The Labute approximate surface area is 96.0 Å². The van der Waals surface area contributed by atoms with Gasteiger partial charge in [-0.05, 0) is 32.4 Å². The summed E-state index contributed by atoms with van der Waals surface area (Å²) in [5, 5.41) is 7.06. The Morgan fingerprint density at radius 1 is 1.62 bits per heavy atom. The number of amides is 1. The molecule has 1 amide bonds. The number of hydrogen-bond donors (Lipinski definition) is 2. The van der Waals surface area contributed by atoms with Crippen molar-refractivity contribution in [3.05, 3.63) is 17.5 Å². The van der Waals surface area contributed by atoms with Gasteiger partial charge in [0.05, 0.1) is 5.69 Å². The fourth-order valence-electron chi connectivity index (χ4n) is 1.45. The average Bonchev–Trinajstić information content (AvgIpc) is 2.56. The van der Waals surface area contributed by atoms with E-state index in [-0.39, 0.29) is 17.9 Å². The minimum Gasteiger partial charge on any atom is -0.348 e. The standard InChI is InChI=1S/C11H20N4O/c1-7(6-12)9(3)13-11(16)10-5-8(2)14-15(10)4/h5,7,9H,6,12H2,1-4H3,(H,13,16). The lowest BCUT2D eigenvalue weighted by Crippen LogP contribution is -2.40. The van der Waals surface area contributed by atoms with Crippen LogP contribution in [0.3, 0.4) is 0 Å². The van der Waals surface area contributed by atoms with E-state index in [1.165, 1.54) is 0 Å². The number of nitrogens with two attached hydrogens (primary N) is 1. The quantitative estimate of drug-likeness (QED) is 0.779. The molecule has 0 saturated carbocycles. The molecule has 5 heteroatoms. The van der Waals surface area contributed by atoms with E-state index in [1.807, 2.05) is 20.8 Å². The Balaban J connectivity index is 2.69. The molecule has 0 radical (unpaired) electrons. The summed E-state index contributed by atoms with van der Waals surface area (Å²) in [6.45, 7) is 6.40. The molecule has 5 nitrogen and oxygen atoms in total. The fourth-order valence-corrected chi connectivity index (χ4v) is 1.45. The SMILES string of the molecule is Cc1cc(C(=O)NC(C)C(C)CN)n(C)n1. The molecule has 1 rings (SSSR count). The molecule has 0 aliphatic heterocycles. The van der Waals surface area contributed by atoms with E-state index in [2.05, 4.69) is 10.4 Å². The van der Waals surface area contributed by atoms with Gasteiger partial charge < -0.3 is 11.1 Å². The van der Waals surface area contributed by atoms with Crippen molar-refractivity contribution in [1.82, 2.24) is 15.1 Å². The van der Waals surface area contributed by atoms with Crippen LogP contribution in [0.2, 0.25) is 0 Å². The van der Waals surface area contributed by atoms with Crippen molar-refractivity contribution in [1.29, 1.82) is 0 Å². The van der Waals surface area contributed by atoms with Gasteiger partial charge >= 0.3 is 0 Å². The first-order chi connectivity index (χ1) is 7.45. The topological polar surface area (TPSA) is 72.9 Å². The van der Waals surface area contributed by atoms with E-state index < -0.39 is 0 Å². The highest BCUT2D eigenvalue weighted by Gasteiger charge is 2.17. The number of nitrogens with zero attached hydrogens (tertiary/aromatic N) is 2. The average molecular weight is 224 g/mol. The van der Waals surface area contributed by atoms with Crippen LogP contribution in [0.15, 0.2) is 6.07 Å². The van der Waals surface area contributed by atoms with Crippen molar-refractivity contribution in [3.63, 3.8) is 0 Å². The first-order valence-corrected chi connectivity index (χ1v) is 5.47. The second kappa shape index (κ2) is 5.12. The molecule has 1 heterocycles. The Bertz CT molecular complexity index is 372. The predicted octanol–water partition coefficient (Wildman–Crippen LogP) is 0.442. The Kier molecular flexibility index (Phi) is 4.06. The van der Waals surface area contributed by atoms with Gasteiger partial charge in [0.25, 0.3) is 5.91 Å². The molecule has 0 fully saturated rings. The Hall–Kier alpha value is -1.36. The normalized spacial score (nSPS) is 14.6. The second-order valence-corrected chi connectivity index (χ2v) is 4.27. The number of hydrogen-bond acceptors (Lipinski definition) is 3. The summed E-state index contributed by atoms with van der Waals surface area (Å²) in [4.78, 5) is 11.9. The van der Waals surface area contributed by atoms with Crippen molar-refractivity contribution >= 4 is 5.91 Å². The number of carbonyl (C=O) groups excluding carboxylic acids is 1. The molecule has 2 unspecified atom stereocenters. The zero-order chi connectivity index (χ0) is 12.3. The number of rotatable bonds is 4. The molecule has 0 aromatic carbocycles. The molecular weight excluding hydrogens is 204 g/mol. The van der Waals surface area contributed by atoms with Gasteiger partial charge in [0.2, 0.25) is 0 Å². The minimum absolute atomic E-state index is 0.0627. The summed E-state index contributed by atoms with van der Waals surface area (Å²) < 4.78 is 1.59. The Morgan fingerprint density at radius 3 is 2.69 bits per heavy atom. The van der Waals surface area contributed by atoms with E-state index in [4.69, 9.17) is 5.73 Å². The lowest BCUT2D eigenvalue weighted by Gasteiger charge is -2.19. The molecule has 0 saturated heterocycles. The van der Waals surface area contributed by atoms with Gasteiger partial charge in [-0.15, -0.1) is 0 Å². The monoisotopic (exact) mass is 224 g/mol. The summed E-state index contributed by atoms with van der Waals surface area (Å²) >= 11 is 0. The molecule has 0 bridgehead atoms. The van der Waals surface area contributed by atoms with Gasteiger partial charge in [0.1, 0.15) is 5.69 Å². The molecule has 1 aromatic heterocycles. The molecule has 1 aromatic rings. The smallest absolute Gasteiger partial charge is 0.269 e. The van der Waals surface area contributed by atoms with Crippen LogP contribution in [0.25, 0.3) is 0 Å². The van der Waals surface area contributed by atoms with Crippen molar-refractivity contribution in [2.24, 2.45) is 18.7 Å². The highest BCUT2D eigenvalue weighted by molar-refractivity contribution is 5.92. The second-order valence-electron chi connectivity index (χ2n) is 4.27. The third-order valence-electron chi connectivity index (χ3n) is 2.82.